The molecule has 0 unspecified atom stereocenters. The smallest absolute Gasteiger partial charge is 0.0714 e. The van der Waals surface area contributed by atoms with Gasteiger partial charge in [0.25, 0.3) is 0 Å². The molecule has 2 aliphatic carbocycles. The molecule has 55 heavy (non-hydrogen) atoms. The molecular weight excluding hydrogens is 663 g/mol. The lowest BCUT2D eigenvalue weighted by Crippen LogP contribution is -2.35. The molecule has 7 aromatic rings. The van der Waals surface area contributed by atoms with Gasteiger partial charge in [-0.15, -0.1) is 0 Å². The summed E-state index contributed by atoms with van der Waals surface area (Å²) >= 11 is 0. The average Bonchev–Trinajstić information content (AvgIpc) is 3.50. The highest BCUT2D eigenvalue weighted by atomic mass is 15.1. The third kappa shape index (κ3) is 5.50. The number of rotatable bonds is 7. The Morgan fingerprint density at radius 2 is 0.964 bits per heavy atom. The third-order valence-corrected chi connectivity index (χ3v) is 12.8. The number of fused-ring (bicyclic) bond motifs is 4. The van der Waals surface area contributed by atoms with Crippen LogP contribution in [0.25, 0.3) is 22.3 Å². The van der Waals surface area contributed by atoms with Crippen molar-refractivity contribution in [2.45, 2.75) is 76.5 Å². The fraction of sp³-hybridized carbons (Fsp3) is 0.222. The maximum atomic E-state index is 2.59. The number of hydrogen-bond donors (Lipinski definition) is 0. The van der Waals surface area contributed by atoms with E-state index in [1.54, 1.807) is 0 Å². The van der Waals surface area contributed by atoms with Crippen molar-refractivity contribution in [3.05, 3.63) is 209 Å². The van der Waals surface area contributed by atoms with E-state index < -0.39 is 5.41 Å². The Balaban J connectivity index is 1.50. The first-order valence-corrected chi connectivity index (χ1v) is 20.1. The average molecular weight is 714 g/mol. The number of anilines is 3. The summed E-state index contributed by atoms with van der Waals surface area (Å²) in [6.07, 6.45) is 2.32. The number of nitrogens with zero attached hydrogens (tertiary/aromatic N) is 1. The van der Waals surface area contributed by atoms with E-state index in [4.69, 9.17) is 0 Å². The molecule has 0 aromatic heterocycles. The molecule has 0 radical (unpaired) electrons. The van der Waals surface area contributed by atoms with Gasteiger partial charge in [-0.2, -0.15) is 0 Å². The molecule has 0 atom stereocenters. The first-order valence-electron chi connectivity index (χ1n) is 20.1. The van der Waals surface area contributed by atoms with Crippen molar-refractivity contribution in [3.8, 4) is 22.3 Å². The van der Waals surface area contributed by atoms with Crippen molar-refractivity contribution in [3.63, 3.8) is 0 Å². The molecule has 0 amide bonds. The lowest BCUT2D eigenvalue weighted by atomic mass is 9.60. The van der Waals surface area contributed by atoms with Gasteiger partial charge in [0.2, 0.25) is 0 Å². The largest absolute Gasteiger partial charge is 0.310 e. The molecule has 0 saturated carbocycles. The van der Waals surface area contributed by atoms with Crippen molar-refractivity contribution >= 4 is 17.1 Å². The first-order chi connectivity index (χ1) is 26.6. The monoisotopic (exact) mass is 713 g/mol. The van der Waals surface area contributed by atoms with E-state index in [9.17, 15) is 0 Å². The van der Waals surface area contributed by atoms with Crippen LogP contribution in [0.15, 0.2) is 170 Å². The molecule has 7 aromatic carbocycles. The second kappa shape index (κ2) is 13.3. The number of para-hydroxylation sites is 2. The zero-order chi connectivity index (χ0) is 38.0. The summed E-state index contributed by atoms with van der Waals surface area (Å²) in [5, 5.41) is 0. The Morgan fingerprint density at radius 1 is 0.455 bits per heavy atom. The summed E-state index contributed by atoms with van der Waals surface area (Å²) in [6, 6.07) is 63.6. The molecule has 1 heteroatoms. The van der Waals surface area contributed by atoms with Gasteiger partial charge in [-0.3, -0.25) is 0 Å². The summed E-state index contributed by atoms with van der Waals surface area (Å²) in [5.41, 5.74) is 18.0. The van der Waals surface area contributed by atoms with Gasteiger partial charge in [-0.25, -0.2) is 0 Å². The summed E-state index contributed by atoms with van der Waals surface area (Å²) in [5.74, 6) is 0.337. The maximum Gasteiger partial charge on any atom is 0.0714 e. The van der Waals surface area contributed by atoms with E-state index in [0.29, 0.717) is 5.92 Å². The van der Waals surface area contributed by atoms with Gasteiger partial charge in [0.05, 0.1) is 11.1 Å². The number of benzene rings is 7. The highest BCUT2D eigenvalue weighted by Gasteiger charge is 2.47. The summed E-state index contributed by atoms with van der Waals surface area (Å²) < 4.78 is 0. The summed E-state index contributed by atoms with van der Waals surface area (Å²) in [7, 11) is 0. The topological polar surface area (TPSA) is 3.24 Å². The molecule has 0 aliphatic heterocycles. The minimum Gasteiger partial charge on any atom is -0.310 e. The van der Waals surface area contributed by atoms with E-state index in [1.807, 2.05) is 0 Å². The molecule has 0 fully saturated rings. The van der Waals surface area contributed by atoms with Crippen molar-refractivity contribution in [2.24, 2.45) is 0 Å². The van der Waals surface area contributed by atoms with E-state index in [-0.39, 0.29) is 10.8 Å². The third-order valence-electron chi connectivity index (χ3n) is 12.8. The highest BCUT2D eigenvalue weighted by molar-refractivity contribution is 5.98. The van der Waals surface area contributed by atoms with Crippen molar-refractivity contribution < 1.29 is 0 Å². The molecule has 0 heterocycles. The fourth-order valence-corrected chi connectivity index (χ4v) is 9.98. The van der Waals surface area contributed by atoms with Crippen LogP contribution in [0.2, 0.25) is 0 Å². The van der Waals surface area contributed by atoms with E-state index in [0.717, 1.165) is 17.8 Å². The van der Waals surface area contributed by atoms with Crippen LogP contribution in [0, 0.1) is 0 Å². The van der Waals surface area contributed by atoms with Gasteiger partial charge in [0, 0.05) is 16.9 Å². The van der Waals surface area contributed by atoms with E-state index in [2.05, 4.69) is 216 Å². The zero-order valence-electron chi connectivity index (χ0n) is 33.1. The van der Waals surface area contributed by atoms with Gasteiger partial charge in [-0.05, 0) is 122 Å². The second-order valence-electron chi connectivity index (χ2n) is 17.3. The van der Waals surface area contributed by atoms with Crippen LogP contribution < -0.4 is 4.90 Å². The lowest BCUT2D eigenvalue weighted by molar-refractivity contribution is 0.332. The Hall–Kier alpha value is -5.66. The Kier molecular flexibility index (Phi) is 8.46. The van der Waals surface area contributed by atoms with Gasteiger partial charge >= 0.3 is 0 Å². The fourth-order valence-electron chi connectivity index (χ4n) is 9.98. The van der Waals surface area contributed by atoms with Crippen molar-refractivity contribution in [2.75, 3.05) is 4.90 Å². The normalized spacial score (nSPS) is 15.9. The predicted octanol–water partition coefficient (Wildman–Crippen LogP) is 14.7. The zero-order valence-corrected chi connectivity index (χ0v) is 33.1. The molecule has 0 saturated heterocycles. The quantitative estimate of drug-likeness (QED) is 0.159. The minimum absolute atomic E-state index is 0.00143. The molecule has 2 aliphatic rings. The summed E-state index contributed by atoms with van der Waals surface area (Å²) in [4.78, 5) is 2.52. The molecule has 9 rings (SSSR count). The van der Waals surface area contributed by atoms with Gasteiger partial charge in [-0.1, -0.05) is 175 Å². The van der Waals surface area contributed by atoms with Crippen LogP contribution in [-0.4, -0.2) is 0 Å². The molecule has 0 bridgehead atoms. The van der Waals surface area contributed by atoms with Crippen LogP contribution in [0.5, 0.6) is 0 Å². The Bertz CT molecular complexity index is 2410. The number of hydrogen-bond acceptors (Lipinski definition) is 1. The van der Waals surface area contributed by atoms with Crippen LogP contribution in [0.4, 0.5) is 17.1 Å². The van der Waals surface area contributed by atoms with E-state index in [1.165, 1.54) is 73.3 Å². The molecular formula is C54H51N. The minimum atomic E-state index is -0.515. The summed E-state index contributed by atoms with van der Waals surface area (Å²) in [6.45, 7) is 14.6. The highest BCUT2D eigenvalue weighted by Crippen LogP contribution is 2.60. The van der Waals surface area contributed by atoms with Crippen molar-refractivity contribution in [1.29, 1.82) is 0 Å². The Labute approximate surface area is 328 Å². The van der Waals surface area contributed by atoms with Gasteiger partial charge in [0.15, 0.2) is 0 Å². The second-order valence-corrected chi connectivity index (χ2v) is 17.3. The standard InChI is InChI=1S/C54H51N/c1-37(2)42-31-32-47-51(53(5,6)34-33-52(47,3)4)50(42)45-35-44-43-29-19-20-30-46(43)54(38-21-11-7-12-22-38,39-23-13-8-14-24-39)48(44)36-49(45)55(40-25-15-9-16-26-40)41-27-17-10-18-28-41/h7-32,35-37H,33-34H2,1-6H3. The molecule has 0 spiro atoms. The molecule has 1 nitrogen and oxygen atoms in total. The first kappa shape index (κ1) is 35.1. The lowest BCUT2D eigenvalue weighted by Gasteiger charge is -2.44. The predicted molar refractivity (Wildman–Crippen MR) is 233 cm³/mol. The van der Waals surface area contributed by atoms with E-state index >= 15 is 0 Å². The molecule has 0 N–H and O–H groups in total. The molecule has 272 valence electrons. The Morgan fingerprint density at radius 3 is 1.53 bits per heavy atom. The van der Waals surface area contributed by atoms with Crippen LogP contribution in [0.1, 0.15) is 99.2 Å². The van der Waals surface area contributed by atoms with Crippen molar-refractivity contribution in [1.82, 2.24) is 0 Å². The maximum absolute atomic E-state index is 2.59. The van der Waals surface area contributed by atoms with Gasteiger partial charge in [0.1, 0.15) is 0 Å². The van der Waals surface area contributed by atoms with Gasteiger partial charge < -0.3 is 4.90 Å². The van der Waals surface area contributed by atoms with Crippen LogP contribution in [-0.2, 0) is 16.2 Å². The van der Waals surface area contributed by atoms with Crippen LogP contribution in [0.3, 0.4) is 0 Å². The SMILES string of the molecule is CC(C)c1ccc2c(c1-c1cc3c(cc1N(c1ccccc1)c1ccccc1)C(c1ccccc1)(c1ccccc1)c1ccccc1-3)C(C)(C)CCC2(C)C. The van der Waals surface area contributed by atoms with Crippen LogP contribution >= 0.6 is 0 Å².